The Hall–Kier alpha value is -1.62. The lowest BCUT2D eigenvalue weighted by Gasteiger charge is -2.36. The topological polar surface area (TPSA) is 74.0 Å². The van der Waals surface area contributed by atoms with Crippen LogP contribution in [0.25, 0.3) is 0 Å². The van der Waals surface area contributed by atoms with Gasteiger partial charge in [0.1, 0.15) is 0 Å². The lowest BCUT2D eigenvalue weighted by atomic mass is 10.3. The molecule has 0 spiro atoms. The maximum atomic E-state index is 12.4. The molecule has 1 saturated heterocycles. The first-order chi connectivity index (χ1) is 13.2. The Morgan fingerprint density at radius 3 is 2.64 bits per heavy atom. The third kappa shape index (κ3) is 5.94. The molecule has 3 rings (SSSR count). The van der Waals surface area contributed by atoms with Crippen LogP contribution >= 0.6 is 35.3 Å². The van der Waals surface area contributed by atoms with Gasteiger partial charge in [-0.3, -0.25) is 9.79 Å². The number of carbonyl (C=O) groups excluding carboxylic acids is 1. The molecule has 3 heterocycles. The molecule has 0 aliphatic carbocycles. The van der Waals surface area contributed by atoms with E-state index in [-0.39, 0.29) is 29.9 Å². The average molecular weight is 517 g/mol. The van der Waals surface area contributed by atoms with Crippen LogP contribution in [0, 0.1) is 0 Å². The number of hydrogen-bond acceptors (Lipinski definition) is 5. The number of amides is 1. The average Bonchev–Trinajstić information content (AvgIpc) is 3.39. The van der Waals surface area contributed by atoms with Crippen molar-refractivity contribution < 1.29 is 9.21 Å². The molecule has 0 unspecified atom stereocenters. The van der Waals surface area contributed by atoms with E-state index in [4.69, 9.17) is 9.41 Å². The summed E-state index contributed by atoms with van der Waals surface area (Å²) in [7, 11) is 0. The molecule has 7 nitrogen and oxygen atoms in total. The van der Waals surface area contributed by atoms with E-state index in [1.165, 1.54) is 11.1 Å². The van der Waals surface area contributed by atoms with Crippen molar-refractivity contribution in [1.82, 2.24) is 20.1 Å². The van der Waals surface area contributed by atoms with E-state index >= 15 is 0 Å². The van der Waals surface area contributed by atoms with Gasteiger partial charge in [0, 0.05) is 56.8 Å². The molecule has 1 aliphatic heterocycles. The van der Waals surface area contributed by atoms with Crippen molar-refractivity contribution in [2.45, 2.75) is 26.7 Å². The zero-order chi connectivity index (χ0) is 19.1. The molecule has 0 atom stereocenters. The fourth-order valence-corrected chi connectivity index (χ4v) is 3.84. The number of halogens is 1. The van der Waals surface area contributed by atoms with Gasteiger partial charge < -0.3 is 19.5 Å². The van der Waals surface area contributed by atoms with Gasteiger partial charge in [0.2, 0.25) is 0 Å². The smallest absolute Gasteiger partial charge is 0.289 e. The molecule has 2 aromatic heterocycles. The van der Waals surface area contributed by atoms with Crippen LogP contribution in [0.3, 0.4) is 0 Å². The third-order valence-corrected chi connectivity index (χ3v) is 5.67. The molecule has 0 aromatic carbocycles. The first kappa shape index (κ1) is 22.7. The highest BCUT2D eigenvalue weighted by molar-refractivity contribution is 14.0. The SMILES string of the molecule is CCNC(=NCCc1ncc(CC)s1)N1CCN(C(=O)c2ccco2)CC1.I. The Morgan fingerprint density at radius 2 is 2.04 bits per heavy atom. The van der Waals surface area contributed by atoms with Crippen molar-refractivity contribution in [3.63, 3.8) is 0 Å². The second kappa shape index (κ2) is 11.4. The Morgan fingerprint density at radius 1 is 1.29 bits per heavy atom. The third-order valence-electron chi connectivity index (χ3n) is 4.47. The maximum absolute atomic E-state index is 12.4. The van der Waals surface area contributed by atoms with E-state index in [1.54, 1.807) is 23.5 Å². The molecular weight excluding hydrogens is 489 g/mol. The minimum Gasteiger partial charge on any atom is -0.459 e. The van der Waals surface area contributed by atoms with Crippen molar-refractivity contribution in [2.24, 2.45) is 4.99 Å². The highest BCUT2D eigenvalue weighted by Gasteiger charge is 2.25. The van der Waals surface area contributed by atoms with Gasteiger partial charge in [0.25, 0.3) is 5.91 Å². The molecule has 28 heavy (non-hydrogen) atoms. The number of carbonyl (C=O) groups is 1. The van der Waals surface area contributed by atoms with E-state index in [9.17, 15) is 4.79 Å². The van der Waals surface area contributed by atoms with Crippen molar-refractivity contribution in [3.05, 3.63) is 40.2 Å². The zero-order valence-corrected chi connectivity index (χ0v) is 19.5. The summed E-state index contributed by atoms with van der Waals surface area (Å²) in [6.07, 6.45) is 5.39. The van der Waals surface area contributed by atoms with E-state index in [2.05, 4.69) is 29.0 Å². The molecule has 1 aliphatic rings. The lowest BCUT2D eigenvalue weighted by Crippen LogP contribution is -2.53. The molecule has 0 radical (unpaired) electrons. The number of thiazole rings is 1. The molecule has 1 amide bonds. The summed E-state index contributed by atoms with van der Waals surface area (Å²) in [5, 5.41) is 4.50. The summed E-state index contributed by atoms with van der Waals surface area (Å²) in [5.74, 6) is 1.27. The van der Waals surface area contributed by atoms with Crippen molar-refractivity contribution in [2.75, 3.05) is 39.3 Å². The van der Waals surface area contributed by atoms with E-state index in [0.29, 0.717) is 25.4 Å². The molecule has 9 heteroatoms. The van der Waals surface area contributed by atoms with E-state index in [0.717, 1.165) is 43.4 Å². The van der Waals surface area contributed by atoms with Gasteiger partial charge in [-0.2, -0.15) is 0 Å². The molecule has 1 fully saturated rings. The largest absolute Gasteiger partial charge is 0.459 e. The highest BCUT2D eigenvalue weighted by Crippen LogP contribution is 2.14. The van der Waals surface area contributed by atoms with Crippen LogP contribution in [-0.4, -0.2) is 65.9 Å². The van der Waals surface area contributed by atoms with Gasteiger partial charge in [0.15, 0.2) is 11.7 Å². The van der Waals surface area contributed by atoms with Crippen LogP contribution in [0.2, 0.25) is 0 Å². The van der Waals surface area contributed by atoms with Crippen LogP contribution in [0.1, 0.15) is 34.3 Å². The van der Waals surface area contributed by atoms with E-state index < -0.39 is 0 Å². The zero-order valence-electron chi connectivity index (χ0n) is 16.4. The number of aryl methyl sites for hydroxylation is 1. The van der Waals surface area contributed by atoms with Gasteiger partial charge in [0.05, 0.1) is 11.3 Å². The quantitative estimate of drug-likeness (QED) is 0.363. The molecule has 1 N–H and O–H groups in total. The van der Waals surface area contributed by atoms with Crippen LogP contribution in [0.4, 0.5) is 0 Å². The van der Waals surface area contributed by atoms with Gasteiger partial charge in [-0.25, -0.2) is 4.98 Å². The number of furan rings is 1. The van der Waals surface area contributed by atoms with Gasteiger partial charge >= 0.3 is 0 Å². The van der Waals surface area contributed by atoms with Gasteiger partial charge in [-0.15, -0.1) is 35.3 Å². The number of guanidine groups is 1. The number of nitrogens with one attached hydrogen (secondary N) is 1. The van der Waals surface area contributed by atoms with Gasteiger partial charge in [-0.1, -0.05) is 6.92 Å². The number of aromatic nitrogens is 1. The van der Waals surface area contributed by atoms with Crippen LogP contribution < -0.4 is 5.32 Å². The first-order valence-electron chi connectivity index (χ1n) is 9.50. The summed E-state index contributed by atoms with van der Waals surface area (Å²) in [4.78, 5) is 27.0. The Labute approximate surface area is 187 Å². The normalized spacial score (nSPS) is 14.7. The molecular formula is C19H28IN5O2S. The molecule has 0 bridgehead atoms. The minimum absolute atomic E-state index is 0. The second-order valence-electron chi connectivity index (χ2n) is 6.32. The fraction of sp³-hybridized carbons (Fsp3) is 0.526. The standard InChI is InChI=1S/C19H27N5O2S.HI/c1-3-15-14-22-17(27-15)7-8-21-19(20-4-2)24-11-9-23(10-12-24)18(25)16-6-5-13-26-16;/h5-6,13-14H,3-4,7-12H2,1-2H3,(H,20,21);1H. The van der Waals surface area contributed by atoms with Crippen molar-refractivity contribution >= 4 is 47.2 Å². The molecule has 0 saturated carbocycles. The number of nitrogens with zero attached hydrogens (tertiary/aromatic N) is 4. The van der Waals surface area contributed by atoms with Crippen LogP contribution in [0.5, 0.6) is 0 Å². The predicted octanol–water partition coefficient (Wildman–Crippen LogP) is 2.88. The summed E-state index contributed by atoms with van der Waals surface area (Å²) in [5.41, 5.74) is 0. The maximum Gasteiger partial charge on any atom is 0.289 e. The molecule has 2 aromatic rings. The van der Waals surface area contributed by atoms with Crippen LogP contribution in [0.15, 0.2) is 34.0 Å². The molecule has 154 valence electrons. The number of aliphatic imine (C=N–C) groups is 1. The lowest BCUT2D eigenvalue weighted by molar-refractivity contribution is 0.0657. The second-order valence-corrected chi connectivity index (χ2v) is 7.52. The Kier molecular flexibility index (Phi) is 9.23. The number of rotatable bonds is 6. The summed E-state index contributed by atoms with van der Waals surface area (Å²) >= 11 is 1.77. The number of piperazine rings is 1. The van der Waals surface area contributed by atoms with E-state index in [1.807, 2.05) is 11.1 Å². The van der Waals surface area contributed by atoms with Crippen molar-refractivity contribution in [1.29, 1.82) is 0 Å². The van der Waals surface area contributed by atoms with Crippen LogP contribution in [-0.2, 0) is 12.8 Å². The predicted molar refractivity (Wildman–Crippen MR) is 123 cm³/mol. The summed E-state index contributed by atoms with van der Waals surface area (Å²) < 4.78 is 5.22. The highest BCUT2D eigenvalue weighted by atomic mass is 127. The Bertz CT molecular complexity index is 754. The fourth-order valence-electron chi connectivity index (χ4n) is 2.99. The van der Waals surface area contributed by atoms with Crippen molar-refractivity contribution in [3.8, 4) is 0 Å². The summed E-state index contributed by atoms with van der Waals surface area (Å²) in [6.45, 7) is 8.60. The Balaban J connectivity index is 0.00000280. The minimum atomic E-state index is -0.0444. The number of hydrogen-bond donors (Lipinski definition) is 1. The first-order valence-corrected chi connectivity index (χ1v) is 10.3. The summed E-state index contributed by atoms with van der Waals surface area (Å²) in [6, 6.07) is 3.45. The monoisotopic (exact) mass is 517 g/mol. The van der Waals surface area contributed by atoms with Gasteiger partial charge in [-0.05, 0) is 25.5 Å².